The molecule has 136 valence electrons. The molecule has 2 aliphatic rings. The van der Waals surface area contributed by atoms with Crippen molar-refractivity contribution in [2.24, 2.45) is 11.8 Å². The van der Waals surface area contributed by atoms with Crippen LogP contribution in [0.2, 0.25) is 0 Å². The summed E-state index contributed by atoms with van der Waals surface area (Å²) >= 11 is 0. The van der Waals surface area contributed by atoms with Gasteiger partial charge in [-0.05, 0) is 43.2 Å². The van der Waals surface area contributed by atoms with Crippen LogP contribution >= 0.6 is 0 Å². The van der Waals surface area contributed by atoms with Crippen LogP contribution in [0.25, 0.3) is 0 Å². The first-order valence-corrected chi connectivity index (χ1v) is 8.76. The Hall–Kier alpha value is -2.15. The summed E-state index contributed by atoms with van der Waals surface area (Å²) in [6.45, 7) is 0.583. The van der Waals surface area contributed by atoms with Gasteiger partial charge in [-0.3, -0.25) is 14.6 Å². The van der Waals surface area contributed by atoms with Gasteiger partial charge in [-0.25, -0.2) is 0 Å². The van der Waals surface area contributed by atoms with Gasteiger partial charge in [0.05, 0.1) is 6.20 Å². The third-order valence-corrected chi connectivity index (χ3v) is 5.05. The summed E-state index contributed by atoms with van der Waals surface area (Å²) in [5.41, 5.74) is 0. The highest BCUT2D eigenvalue weighted by Gasteiger charge is 2.40. The standard InChI is InChI=1S/C18H25N3O4/c1-24-10-12-7-17(22)21-16-8-13(4-5-15(12)16)20-18(23)11-25-14-3-2-6-19-9-14/h2-3,6,9,12-13,15-16H,4-5,7-8,10-11H2,1H3,(H,20,23)(H,21,22). The number of fused-ring (bicyclic) bond motifs is 1. The molecule has 4 atom stereocenters. The third kappa shape index (κ3) is 4.69. The van der Waals surface area contributed by atoms with Gasteiger partial charge in [0.1, 0.15) is 5.75 Å². The number of pyridine rings is 1. The number of hydrogen-bond donors (Lipinski definition) is 2. The minimum absolute atomic E-state index is 0.0328. The lowest BCUT2D eigenvalue weighted by Gasteiger charge is -2.43. The fraction of sp³-hybridized carbons (Fsp3) is 0.611. The number of aromatic nitrogens is 1. The van der Waals surface area contributed by atoms with Crippen LogP contribution in [0.5, 0.6) is 5.75 Å². The first-order valence-electron chi connectivity index (χ1n) is 8.76. The summed E-state index contributed by atoms with van der Waals surface area (Å²) in [5, 5.41) is 6.10. The molecule has 1 aliphatic heterocycles. The second-order valence-corrected chi connectivity index (χ2v) is 6.81. The third-order valence-electron chi connectivity index (χ3n) is 5.05. The van der Waals surface area contributed by atoms with E-state index in [1.807, 2.05) is 0 Å². The number of hydrogen-bond acceptors (Lipinski definition) is 5. The number of carbonyl (C=O) groups excluding carboxylic acids is 2. The molecule has 0 spiro atoms. The van der Waals surface area contributed by atoms with E-state index in [2.05, 4.69) is 15.6 Å². The topological polar surface area (TPSA) is 89.6 Å². The quantitative estimate of drug-likeness (QED) is 0.798. The Morgan fingerprint density at radius 1 is 1.44 bits per heavy atom. The van der Waals surface area contributed by atoms with Crippen molar-refractivity contribution in [2.75, 3.05) is 20.3 Å². The molecule has 7 nitrogen and oxygen atoms in total. The van der Waals surface area contributed by atoms with Crippen molar-refractivity contribution in [3.63, 3.8) is 0 Å². The lowest BCUT2D eigenvalue weighted by Crippen LogP contribution is -2.56. The van der Waals surface area contributed by atoms with E-state index < -0.39 is 0 Å². The number of amides is 2. The Morgan fingerprint density at radius 2 is 2.32 bits per heavy atom. The molecule has 1 aromatic rings. The summed E-state index contributed by atoms with van der Waals surface area (Å²) in [6, 6.07) is 3.70. The number of nitrogens with one attached hydrogen (secondary N) is 2. The minimum atomic E-state index is -0.150. The molecule has 0 aromatic carbocycles. The van der Waals surface area contributed by atoms with Gasteiger partial charge in [0.2, 0.25) is 5.91 Å². The molecule has 2 heterocycles. The van der Waals surface area contributed by atoms with E-state index in [9.17, 15) is 9.59 Å². The zero-order valence-electron chi connectivity index (χ0n) is 14.4. The lowest BCUT2D eigenvalue weighted by atomic mass is 9.71. The molecule has 0 bridgehead atoms. The molecule has 1 saturated heterocycles. The Kier molecular flexibility index (Phi) is 5.86. The average molecular weight is 347 g/mol. The zero-order valence-corrected chi connectivity index (χ0v) is 14.4. The average Bonchev–Trinajstić information content (AvgIpc) is 2.61. The van der Waals surface area contributed by atoms with Crippen molar-refractivity contribution in [3.05, 3.63) is 24.5 Å². The Balaban J connectivity index is 1.48. The molecule has 25 heavy (non-hydrogen) atoms. The molecule has 7 heteroatoms. The highest BCUT2D eigenvalue weighted by Crippen LogP contribution is 2.35. The van der Waals surface area contributed by atoms with E-state index in [-0.39, 0.29) is 36.4 Å². The number of rotatable bonds is 6. The van der Waals surface area contributed by atoms with Gasteiger partial charge in [0, 0.05) is 38.4 Å². The number of piperidine rings is 1. The number of nitrogens with zero attached hydrogens (tertiary/aromatic N) is 1. The second-order valence-electron chi connectivity index (χ2n) is 6.81. The summed E-state index contributed by atoms with van der Waals surface area (Å²) in [5.74, 6) is 1.20. The maximum atomic E-state index is 12.1. The molecule has 2 fully saturated rings. The highest BCUT2D eigenvalue weighted by molar-refractivity contribution is 5.78. The lowest BCUT2D eigenvalue weighted by molar-refractivity contribution is -0.128. The van der Waals surface area contributed by atoms with Crippen molar-refractivity contribution in [1.29, 1.82) is 0 Å². The molecule has 2 amide bonds. The Morgan fingerprint density at radius 3 is 3.08 bits per heavy atom. The van der Waals surface area contributed by atoms with Gasteiger partial charge >= 0.3 is 0 Å². The zero-order chi connectivity index (χ0) is 17.6. The molecule has 1 aliphatic carbocycles. The van der Waals surface area contributed by atoms with Crippen molar-refractivity contribution in [3.8, 4) is 5.75 Å². The molecule has 2 N–H and O–H groups in total. The monoisotopic (exact) mass is 347 g/mol. The van der Waals surface area contributed by atoms with Gasteiger partial charge in [-0.15, -0.1) is 0 Å². The first-order chi connectivity index (χ1) is 12.2. The maximum Gasteiger partial charge on any atom is 0.258 e. The second kappa shape index (κ2) is 8.29. The fourth-order valence-electron chi connectivity index (χ4n) is 3.96. The fourth-order valence-corrected chi connectivity index (χ4v) is 3.96. The predicted octanol–water partition coefficient (Wildman–Crippen LogP) is 0.896. The highest BCUT2D eigenvalue weighted by atomic mass is 16.5. The van der Waals surface area contributed by atoms with E-state index in [0.717, 1.165) is 19.3 Å². The summed E-state index contributed by atoms with van der Waals surface area (Å²) < 4.78 is 10.7. The number of carbonyl (C=O) groups is 2. The number of ether oxygens (including phenoxy) is 2. The van der Waals surface area contributed by atoms with Crippen LogP contribution in [0.15, 0.2) is 24.5 Å². The maximum absolute atomic E-state index is 12.1. The largest absolute Gasteiger partial charge is 0.482 e. The van der Waals surface area contributed by atoms with Crippen molar-refractivity contribution in [2.45, 2.75) is 37.8 Å². The Bertz CT molecular complexity index is 595. The minimum Gasteiger partial charge on any atom is -0.482 e. The van der Waals surface area contributed by atoms with Gasteiger partial charge in [-0.1, -0.05) is 0 Å². The van der Waals surface area contributed by atoms with Crippen LogP contribution in [0.4, 0.5) is 0 Å². The smallest absolute Gasteiger partial charge is 0.258 e. The van der Waals surface area contributed by atoms with Crippen LogP contribution in [0, 0.1) is 11.8 Å². The van der Waals surface area contributed by atoms with Gasteiger partial charge < -0.3 is 20.1 Å². The first kappa shape index (κ1) is 17.7. The summed E-state index contributed by atoms with van der Waals surface area (Å²) in [7, 11) is 1.68. The van der Waals surface area contributed by atoms with Crippen molar-refractivity contribution >= 4 is 11.8 Å². The van der Waals surface area contributed by atoms with Crippen LogP contribution in [0.3, 0.4) is 0 Å². The molecule has 3 rings (SSSR count). The van der Waals surface area contributed by atoms with Gasteiger partial charge in [0.15, 0.2) is 6.61 Å². The molecular weight excluding hydrogens is 322 g/mol. The number of methoxy groups -OCH3 is 1. The molecule has 0 radical (unpaired) electrons. The van der Waals surface area contributed by atoms with Crippen LogP contribution < -0.4 is 15.4 Å². The normalized spacial score (nSPS) is 28.6. The molecule has 1 aromatic heterocycles. The molecule has 1 saturated carbocycles. The van der Waals surface area contributed by atoms with E-state index in [4.69, 9.17) is 9.47 Å². The van der Waals surface area contributed by atoms with E-state index in [1.54, 1.807) is 31.6 Å². The van der Waals surface area contributed by atoms with E-state index in [0.29, 0.717) is 24.7 Å². The van der Waals surface area contributed by atoms with Crippen LogP contribution in [-0.2, 0) is 14.3 Å². The SMILES string of the molecule is COCC1CC(=O)NC2CC(NC(=O)COc3cccnc3)CCC12. The van der Waals surface area contributed by atoms with Gasteiger partial charge in [0.25, 0.3) is 5.91 Å². The van der Waals surface area contributed by atoms with Crippen LogP contribution in [0.1, 0.15) is 25.7 Å². The van der Waals surface area contributed by atoms with Crippen molar-refractivity contribution in [1.82, 2.24) is 15.6 Å². The summed E-state index contributed by atoms with van der Waals surface area (Å²) in [6.07, 6.45) is 6.41. The molecule has 4 unspecified atom stereocenters. The Labute approximate surface area is 147 Å². The van der Waals surface area contributed by atoms with E-state index in [1.165, 1.54) is 0 Å². The predicted molar refractivity (Wildman–Crippen MR) is 90.9 cm³/mol. The summed E-state index contributed by atoms with van der Waals surface area (Å²) in [4.78, 5) is 28.0. The molecular formula is C18H25N3O4. The van der Waals surface area contributed by atoms with Crippen molar-refractivity contribution < 1.29 is 19.1 Å². The van der Waals surface area contributed by atoms with E-state index >= 15 is 0 Å². The van der Waals surface area contributed by atoms with Gasteiger partial charge in [-0.2, -0.15) is 0 Å². The van der Waals surface area contributed by atoms with Crippen LogP contribution in [-0.4, -0.2) is 49.2 Å².